The number of halogens is 3. The highest BCUT2D eigenvalue weighted by Gasteiger charge is 2.33. The van der Waals surface area contributed by atoms with Gasteiger partial charge in [-0.15, -0.1) is 0 Å². The van der Waals surface area contributed by atoms with Crippen molar-refractivity contribution in [1.29, 1.82) is 0 Å². The van der Waals surface area contributed by atoms with E-state index < -0.39 is 34.6 Å². The van der Waals surface area contributed by atoms with E-state index in [1.165, 1.54) is 13.8 Å². The molecule has 1 aromatic carbocycles. The Hall–Kier alpha value is -3.08. The van der Waals surface area contributed by atoms with E-state index in [9.17, 15) is 27.9 Å². The standard InChI is InChI=1S/C26H34F3N3O5/c1-24(2,3)20-13-21(32(31(20)6)14-17-8-7-11-36-17)30-22(33)18-12-16(26(27,28)29)9-10-19(18)37-15-25(4,5)23(34)35/h9-10,12-13,17H,7-8,11,14-15H2,1-6H3,(H,34,35)/t17-/m1/s1. The molecule has 3 rings (SSSR count). The van der Waals surface area contributed by atoms with Crippen LogP contribution in [0.1, 0.15) is 69.1 Å². The predicted octanol–water partition coefficient (Wildman–Crippen LogP) is 4.55. The minimum Gasteiger partial charge on any atom is -0.492 e. The second-order valence-electron chi connectivity index (χ2n) is 11.0. The third kappa shape index (κ3) is 6.63. The summed E-state index contributed by atoms with van der Waals surface area (Å²) in [5.41, 5.74) is -1.90. The normalized spacial score (nSPS) is 17.3. The highest BCUT2D eigenvalue weighted by molar-refractivity contribution is 5.97. The summed E-state index contributed by atoms with van der Waals surface area (Å²) in [6, 6.07) is 4.24. The molecule has 0 aliphatic carbocycles. The molecule has 1 fully saturated rings. The number of carboxylic acid groups (broad SMARTS) is 1. The maximum Gasteiger partial charge on any atom is 0.416 e. The smallest absolute Gasteiger partial charge is 0.416 e. The SMILES string of the molecule is Cn1c(C(C)(C)C)cc(=NC(=O)c2cc(C(F)(F)F)ccc2OCC(C)(C)C(=O)O)n1C[C@H]1CCCO1. The molecule has 1 atom stereocenters. The number of amides is 1. The monoisotopic (exact) mass is 525 g/mol. The van der Waals surface area contributed by atoms with Crippen LogP contribution in [0.2, 0.25) is 0 Å². The summed E-state index contributed by atoms with van der Waals surface area (Å²) in [6.07, 6.45) is -2.99. The Kier molecular flexibility index (Phi) is 7.97. The summed E-state index contributed by atoms with van der Waals surface area (Å²) in [4.78, 5) is 29.0. The van der Waals surface area contributed by atoms with E-state index in [2.05, 4.69) is 4.99 Å². The average molecular weight is 526 g/mol. The van der Waals surface area contributed by atoms with E-state index >= 15 is 0 Å². The molecule has 1 aromatic heterocycles. The van der Waals surface area contributed by atoms with Crippen molar-refractivity contribution in [3.05, 3.63) is 46.6 Å². The van der Waals surface area contributed by atoms with Gasteiger partial charge in [-0.05, 0) is 44.9 Å². The van der Waals surface area contributed by atoms with Gasteiger partial charge in [0.05, 0.1) is 29.2 Å². The molecule has 1 aliphatic heterocycles. The van der Waals surface area contributed by atoms with Crippen molar-refractivity contribution < 1.29 is 37.3 Å². The number of alkyl halides is 3. The van der Waals surface area contributed by atoms with E-state index in [-0.39, 0.29) is 29.4 Å². The Morgan fingerprint density at radius 3 is 2.38 bits per heavy atom. The van der Waals surface area contributed by atoms with E-state index in [0.29, 0.717) is 19.2 Å². The van der Waals surface area contributed by atoms with Gasteiger partial charge in [0.15, 0.2) is 5.49 Å². The van der Waals surface area contributed by atoms with E-state index in [4.69, 9.17) is 9.47 Å². The van der Waals surface area contributed by atoms with E-state index in [0.717, 1.165) is 30.7 Å². The van der Waals surface area contributed by atoms with Gasteiger partial charge in [-0.3, -0.25) is 19.0 Å². The number of carbonyl (C=O) groups excluding carboxylic acids is 1. The quantitative estimate of drug-likeness (QED) is 0.572. The molecule has 204 valence electrons. The number of carbonyl (C=O) groups is 2. The summed E-state index contributed by atoms with van der Waals surface area (Å²) in [7, 11) is 1.84. The van der Waals surface area contributed by atoms with Crippen LogP contribution in [0, 0.1) is 5.41 Å². The molecule has 2 heterocycles. The molecule has 2 aromatic rings. The fourth-order valence-electron chi connectivity index (χ4n) is 4.05. The number of rotatable bonds is 7. The Balaban J connectivity index is 2.10. The zero-order valence-electron chi connectivity index (χ0n) is 22.0. The first-order valence-electron chi connectivity index (χ1n) is 12.1. The fourth-order valence-corrected chi connectivity index (χ4v) is 4.05. The summed E-state index contributed by atoms with van der Waals surface area (Å²) in [5.74, 6) is -2.25. The molecule has 1 saturated heterocycles. The number of aromatic nitrogens is 2. The third-order valence-corrected chi connectivity index (χ3v) is 6.33. The predicted molar refractivity (Wildman–Crippen MR) is 129 cm³/mol. The first kappa shape index (κ1) is 28.5. The topological polar surface area (TPSA) is 95.0 Å². The zero-order valence-corrected chi connectivity index (χ0v) is 22.0. The average Bonchev–Trinajstić information content (AvgIpc) is 3.40. The number of nitrogens with zero attached hydrogens (tertiary/aromatic N) is 3. The van der Waals surface area contributed by atoms with Crippen LogP contribution in [-0.2, 0) is 34.7 Å². The van der Waals surface area contributed by atoms with Crippen LogP contribution in [0.5, 0.6) is 5.75 Å². The summed E-state index contributed by atoms with van der Waals surface area (Å²) in [6.45, 7) is 9.57. The van der Waals surface area contributed by atoms with Gasteiger partial charge in [0.1, 0.15) is 12.4 Å². The lowest BCUT2D eigenvalue weighted by Crippen LogP contribution is -2.31. The van der Waals surface area contributed by atoms with Crippen LogP contribution in [-0.4, -0.2) is 45.7 Å². The molecular weight excluding hydrogens is 491 g/mol. The molecule has 1 aliphatic rings. The van der Waals surface area contributed by atoms with Gasteiger partial charge in [-0.2, -0.15) is 18.2 Å². The molecule has 0 saturated carbocycles. The number of ether oxygens (including phenoxy) is 2. The number of carboxylic acids is 1. The molecule has 11 heteroatoms. The van der Waals surface area contributed by atoms with Crippen molar-refractivity contribution >= 4 is 11.9 Å². The van der Waals surface area contributed by atoms with Crippen LogP contribution in [0.25, 0.3) is 0 Å². The molecular formula is C26H34F3N3O5. The Bertz CT molecular complexity index is 1230. The van der Waals surface area contributed by atoms with Gasteiger partial charge in [-0.25, -0.2) is 0 Å². The van der Waals surface area contributed by atoms with Crippen LogP contribution >= 0.6 is 0 Å². The first-order valence-corrected chi connectivity index (χ1v) is 12.1. The minimum absolute atomic E-state index is 0.0684. The molecule has 0 spiro atoms. The second-order valence-corrected chi connectivity index (χ2v) is 11.0. The van der Waals surface area contributed by atoms with Gasteiger partial charge in [0.25, 0.3) is 5.91 Å². The van der Waals surface area contributed by atoms with Gasteiger partial charge in [0, 0.05) is 30.8 Å². The Morgan fingerprint density at radius 1 is 1.16 bits per heavy atom. The van der Waals surface area contributed by atoms with Crippen molar-refractivity contribution in [2.45, 2.75) is 71.7 Å². The van der Waals surface area contributed by atoms with Gasteiger partial charge in [0.2, 0.25) is 0 Å². The third-order valence-electron chi connectivity index (χ3n) is 6.33. The number of aliphatic carboxylic acids is 1. The van der Waals surface area contributed by atoms with Gasteiger partial charge >= 0.3 is 12.1 Å². The van der Waals surface area contributed by atoms with Crippen LogP contribution in [0.3, 0.4) is 0 Å². The summed E-state index contributed by atoms with van der Waals surface area (Å²) >= 11 is 0. The number of benzene rings is 1. The van der Waals surface area contributed by atoms with Crippen molar-refractivity contribution in [3.8, 4) is 5.75 Å². The van der Waals surface area contributed by atoms with Crippen LogP contribution in [0.15, 0.2) is 29.3 Å². The second kappa shape index (κ2) is 10.4. The van der Waals surface area contributed by atoms with Crippen LogP contribution < -0.4 is 10.2 Å². The molecule has 8 nitrogen and oxygen atoms in total. The fraction of sp³-hybridized carbons (Fsp3) is 0.577. The molecule has 37 heavy (non-hydrogen) atoms. The van der Waals surface area contributed by atoms with Crippen molar-refractivity contribution in [2.24, 2.45) is 17.5 Å². The Morgan fingerprint density at radius 2 is 1.84 bits per heavy atom. The maximum absolute atomic E-state index is 13.5. The molecule has 0 radical (unpaired) electrons. The van der Waals surface area contributed by atoms with Crippen LogP contribution in [0.4, 0.5) is 13.2 Å². The molecule has 0 bridgehead atoms. The molecule has 0 unspecified atom stereocenters. The molecule has 1 N–H and O–H groups in total. The van der Waals surface area contributed by atoms with E-state index in [1.807, 2.05) is 32.5 Å². The maximum atomic E-state index is 13.5. The molecule has 1 amide bonds. The summed E-state index contributed by atoms with van der Waals surface area (Å²) in [5, 5.41) is 9.36. The number of hydrogen-bond donors (Lipinski definition) is 1. The van der Waals surface area contributed by atoms with Gasteiger partial charge in [-0.1, -0.05) is 20.8 Å². The van der Waals surface area contributed by atoms with Crippen molar-refractivity contribution in [3.63, 3.8) is 0 Å². The van der Waals surface area contributed by atoms with E-state index in [1.54, 1.807) is 10.7 Å². The number of hydrogen-bond acceptors (Lipinski definition) is 4. The zero-order chi connectivity index (χ0) is 27.8. The highest BCUT2D eigenvalue weighted by Crippen LogP contribution is 2.33. The minimum atomic E-state index is -4.69. The lowest BCUT2D eigenvalue weighted by molar-refractivity contribution is -0.148. The lowest BCUT2D eigenvalue weighted by atomic mass is 9.92. The largest absolute Gasteiger partial charge is 0.492 e. The lowest BCUT2D eigenvalue weighted by Gasteiger charge is -2.21. The highest BCUT2D eigenvalue weighted by atomic mass is 19.4. The Labute approximate surface area is 213 Å². The van der Waals surface area contributed by atoms with Gasteiger partial charge < -0.3 is 14.6 Å². The van der Waals surface area contributed by atoms with Crippen molar-refractivity contribution in [1.82, 2.24) is 9.36 Å². The summed E-state index contributed by atoms with van der Waals surface area (Å²) < 4.78 is 55.4. The first-order chi connectivity index (χ1) is 17.0. The van der Waals surface area contributed by atoms with Crippen molar-refractivity contribution in [2.75, 3.05) is 13.2 Å².